The molecule has 2 aromatic heterocycles. The minimum absolute atomic E-state index is 0.287. The topological polar surface area (TPSA) is 75.9 Å². The monoisotopic (exact) mass is 315 g/mol. The van der Waals surface area contributed by atoms with Crippen molar-refractivity contribution >= 4 is 17.0 Å². The Bertz CT molecular complexity index is 813. The maximum Gasteiger partial charge on any atom is 0.170 e. The molecule has 1 atom stereocenters. The number of aliphatic hydroxyl groups is 1. The smallest absolute Gasteiger partial charge is 0.170 e. The number of benzene rings is 1. The number of aliphatic hydroxyl groups excluding tert-OH is 1. The first-order valence-electron chi connectivity index (χ1n) is 7.50. The summed E-state index contributed by atoms with van der Waals surface area (Å²) in [5.41, 5.74) is 2.08. The van der Waals surface area contributed by atoms with E-state index in [0.717, 1.165) is 11.5 Å². The van der Waals surface area contributed by atoms with Crippen LogP contribution in [0.5, 0.6) is 0 Å². The van der Waals surface area contributed by atoms with Crippen LogP contribution in [0.3, 0.4) is 0 Å². The lowest BCUT2D eigenvalue weighted by Gasteiger charge is -2.09. The van der Waals surface area contributed by atoms with E-state index in [2.05, 4.69) is 20.3 Å². The summed E-state index contributed by atoms with van der Waals surface area (Å²) in [5.74, 6) is 1.10. The summed E-state index contributed by atoms with van der Waals surface area (Å²) in [5, 5.41) is 12.5. The third-order valence-corrected chi connectivity index (χ3v) is 3.48. The average Bonchev–Trinajstić information content (AvgIpc) is 2.92. The molecule has 23 heavy (non-hydrogen) atoms. The maximum absolute atomic E-state index is 13.2. The van der Waals surface area contributed by atoms with Gasteiger partial charge in [0.2, 0.25) is 0 Å². The summed E-state index contributed by atoms with van der Waals surface area (Å²) in [7, 11) is 0. The Morgan fingerprint density at radius 2 is 2.00 bits per heavy atom. The maximum atomic E-state index is 13.2. The number of hydrogen-bond donors (Lipinski definition) is 2. The van der Waals surface area contributed by atoms with Gasteiger partial charge in [0, 0.05) is 18.7 Å². The Balaban J connectivity index is 2.14. The zero-order valence-corrected chi connectivity index (χ0v) is 13.0. The second-order valence-electron chi connectivity index (χ2n) is 5.32. The molecule has 0 aliphatic rings. The highest BCUT2D eigenvalue weighted by Gasteiger charge is 2.16. The van der Waals surface area contributed by atoms with E-state index in [-0.39, 0.29) is 5.82 Å². The summed E-state index contributed by atoms with van der Waals surface area (Å²) >= 11 is 0. The van der Waals surface area contributed by atoms with E-state index in [9.17, 15) is 9.50 Å². The molecule has 2 heterocycles. The van der Waals surface area contributed by atoms with Crippen molar-refractivity contribution < 1.29 is 9.50 Å². The van der Waals surface area contributed by atoms with E-state index >= 15 is 0 Å². The van der Waals surface area contributed by atoms with Crippen molar-refractivity contribution in [3.05, 3.63) is 42.2 Å². The molecule has 0 fully saturated rings. The SMILES string of the molecule is CCc1nc2c(NCC(C)O)ncnc2n1-c1ccc(F)cc1. The summed E-state index contributed by atoms with van der Waals surface area (Å²) in [6.45, 7) is 4.06. The van der Waals surface area contributed by atoms with Gasteiger partial charge in [-0.05, 0) is 31.2 Å². The van der Waals surface area contributed by atoms with Crippen LogP contribution in [0.25, 0.3) is 16.9 Å². The lowest BCUT2D eigenvalue weighted by molar-refractivity contribution is 0.208. The van der Waals surface area contributed by atoms with Crippen molar-refractivity contribution in [2.24, 2.45) is 0 Å². The summed E-state index contributed by atoms with van der Waals surface area (Å²) in [6.07, 6.45) is 1.65. The summed E-state index contributed by atoms with van der Waals surface area (Å²) in [4.78, 5) is 13.1. The Kier molecular flexibility index (Phi) is 4.20. The van der Waals surface area contributed by atoms with E-state index in [1.165, 1.54) is 18.5 Å². The van der Waals surface area contributed by atoms with Crippen LogP contribution in [-0.4, -0.2) is 37.3 Å². The fourth-order valence-corrected chi connectivity index (χ4v) is 2.41. The number of hydrogen-bond acceptors (Lipinski definition) is 5. The molecule has 0 saturated carbocycles. The van der Waals surface area contributed by atoms with E-state index in [1.54, 1.807) is 19.1 Å². The first-order chi connectivity index (χ1) is 11.1. The standard InChI is InChI=1S/C16H18FN5O/c1-3-13-21-14-15(18-8-10(2)23)19-9-20-16(14)22(13)12-6-4-11(17)5-7-12/h4-7,9-10,23H,3,8H2,1-2H3,(H,18,19,20). The number of nitrogens with zero attached hydrogens (tertiary/aromatic N) is 4. The molecule has 0 spiro atoms. The van der Waals surface area contributed by atoms with Crippen molar-refractivity contribution in [2.75, 3.05) is 11.9 Å². The lowest BCUT2D eigenvalue weighted by Crippen LogP contribution is -2.16. The van der Waals surface area contributed by atoms with Crippen LogP contribution in [0.15, 0.2) is 30.6 Å². The van der Waals surface area contributed by atoms with E-state index in [0.29, 0.717) is 29.9 Å². The van der Waals surface area contributed by atoms with Gasteiger partial charge in [-0.2, -0.15) is 0 Å². The van der Waals surface area contributed by atoms with Crippen molar-refractivity contribution in [3.8, 4) is 5.69 Å². The molecule has 1 unspecified atom stereocenters. The molecule has 3 rings (SSSR count). The number of fused-ring (bicyclic) bond motifs is 1. The van der Waals surface area contributed by atoms with Crippen LogP contribution in [0.4, 0.5) is 10.2 Å². The first-order valence-corrected chi connectivity index (χ1v) is 7.50. The van der Waals surface area contributed by atoms with Gasteiger partial charge < -0.3 is 10.4 Å². The molecular weight excluding hydrogens is 297 g/mol. The number of anilines is 1. The van der Waals surface area contributed by atoms with Gasteiger partial charge in [-0.3, -0.25) is 4.57 Å². The fraction of sp³-hybridized carbons (Fsp3) is 0.312. The van der Waals surface area contributed by atoms with Gasteiger partial charge in [-0.15, -0.1) is 0 Å². The number of imidazole rings is 1. The largest absolute Gasteiger partial charge is 0.392 e. The number of aryl methyl sites for hydroxylation is 1. The Labute approximate surface area is 133 Å². The van der Waals surface area contributed by atoms with Crippen LogP contribution < -0.4 is 5.32 Å². The average molecular weight is 315 g/mol. The van der Waals surface area contributed by atoms with Gasteiger partial charge in [0.15, 0.2) is 17.0 Å². The van der Waals surface area contributed by atoms with E-state index < -0.39 is 6.10 Å². The van der Waals surface area contributed by atoms with Crippen molar-refractivity contribution in [1.29, 1.82) is 0 Å². The van der Waals surface area contributed by atoms with Crippen molar-refractivity contribution in [2.45, 2.75) is 26.4 Å². The van der Waals surface area contributed by atoms with E-state index in [4.69, 9.17) is 0 Å². The quantitative estimate of drug-likeness (QED) is 0.755. The molecule has 0 amide bonds. The van der Waals surface area contributed by atoms with Gasteiger partial charge in [0.1, 0.15) is 18.0 Å². The lowest BCUT2D eigenvalue weighted by atomic mass is 10.3. The van der Waals surface area contributed by atoms with Crippen molar-refractivity contribution in [3.63, 3.8) is 0 Å². The van der Waals surface area contributed by atoms with Crippen LogP contribution in [0, 0.1) is 5.82 Å². The molecule has 0 aliphatic carbocycles. The number of nitrogens with one attached hydrogen (secondary N) is 1. The first kappa shape index (κ1) is 15.4. The second kappa shape index (κ2) is 6.29. The van der Waals surface area contributed by atoms with Crippen LogP contribution in [-0.2, 0) is 6.42 Å². The van der Waals surface area contributed by atoms with Gasteiger partial charge in [-0.25, -0.2) is 19.3 Å². The molecule has 7 heteroatoms. The minimum atomic E-state index is -0.496. The molecule has 2 N–H and O–H groups in total. The third-order valence-electron chi connectivity index (χ3n) is 3.48. The molecule has 0 bridgehead atoms. The Hall–Kier alpha value is -2.54. The second-order valence-corrected chi connectivity index (χ2v) is 5.32. The highest BCUT2D eigenvalue weighted by Crippen LogP contribution is 2.24. The van der Waals surface area contributed by atoms with E-state index in [1.807, 2.05) is 11.5 Å². The Morgan fingerprint density at radius 3 is 2.65 bits per heavy atom. The van der Waals surface area contributed by atoms with Crippen molar-refractivity contribution in [1.82, 2.24) is 19.5 Å². The third kappa shape index (κ3) is 3.00. The van der Waals surface area contributed by atoms with Crippen LogP contribution >= 0.6 is 0 Å². The Morgan fingerprint density at radius 1 is 1.26 bits per heavy atom. The highest BCUT2D eigenvalue weighted by molar-refractivity contribution is 5.84. The molecule has 1 aromatic carbocycles. The molecule has 120 valence electrons. The predicted octanol–water partition coefficient (Wildman–Crippen LogP) is 2.31. The number of aromatic nitrogens is 4. The van der Waals surface area contributed by atoms with Gasteiger partial charge in [-0.1, -0.05) is 6.92 Å². The summed E-state index contributed by atoms with van der Waals surface area (Å²) in [6, 6.07) is 6.21. The number of rotatable bonds is 5. The van der Waals surface area contributed by atoms with Gasteiger partial charge in [0.25, 0.3) is 0 Å². The minimum Gasteiger partial charge on any atom is -0.392 e. The highest BCUT2D eigenvalue weighted by atomic mass is 19.1. The molecular formula is C16H18FN5O. The molecule has 6 nitrogen and oxygen atoms in total. The predicted molar refractivity (Wildman–Crippen MR) is 86.2 cm³/mol. The van der Waals surface area contributed by atoms with Gasteiger partial charge >= 0.3 is 0 Å². The normalized spacial score (nSPS) is 12.5. The van der Waals surface area contributed by atoms with Crippen LogP contribution in [0.2, 0.25) is 0 Å². The molecule has 0 saturated heterocycles. The van der Waals surface area contributed by atoms with Crippen LogP contribution in [0.1, 0.15) is 19.7 Å². The molecule has 3 aromatic rings. The summed E-state index contributed by atoms with van der Waals surface area (Å²) < 4.78 is 15.1. The zero-order valence-electron chi connectivity index (χ0n) is 13.0. The van der Waals surface area contributed by atoms with Gasteiger partial charge in [0.05, 0.1) is 6.10 Å². The molecule has 0 aliphatic heterocycles. The molecule has 0 radical (unpaired) electrons. The fourth-order valence-electron chi connectivity index (χ4n) is 2.41. The number of halogens is 1. The zero-order chi connectivity index (χ0) is 16.4.